The molecule has 5 rings (SSSR count). The highest BCUT2D eigenvalue weighted by Crippen LogP contribution is 2.27. The molecule has 0 atom stereocenters. The van der Waals surface area contributed by atoms with Crippen LogP contribution in [0.2, 0.25) is 0 Å². The number of aromatic nitrogens is 2. The summed E-state index contributed by atoms with van der Waals surface area (Å²) in [5, 5.41) is 4.80. The molecule has 7 heteroatoms. The molecule has 1 fully saturated rings. The highest BCUT2D eigenvalue weighted by molar-refractivity contribution is 9.10. The van der Waals surface area contributed by atoms with E-state index in [0.29, 0.717) is 24.3 Å². The van der Waals surface area contributed by atoms with Crippen LogP contribution in [-0.4, -0.2) is 46.8 Å². The second-order valence-electron chi connectivity index (χ2n) is 7.79. The smallest absolute Gasteiger partial charge is 0.257 e. The average Bonchev–Trinajstić information content (AvgIpc) is 3.31. The second kappa shape index (κ2) is 10.2. The monoisotopic (exact) mass is 521 g/mol. The predicted molar refractivity (Wildman–Crippen MR) is 131 cm³/mol. The Morgan fingerprint density at radius 3 is 1.94 bits per heavy atom. The van der Waals surface area contributed by atoms with E-state index >= 15 is 0 Å². The highest BCUT2D eigenvalue weighted by Gasteiger charge is 2.26. The minimum absolute atomic E-state index is 0. The van der Waals surface area contributed by atoms with Crippen molar-refractivity contribution in [1.29, 1.82) is 0 Å². The van der Waals surface area contributed by atoms with Crippen LogP contribution in [0.1, 0.15) is 10.4 Å². The number of rotatable bonds is 4. The third-order valence-electron chi connectivity index (χ3n) is 5.77. The van der Waals surface area contributed by atoms with Crippen molar-refractivity contribution >= 4 is 27.5 Å². The average molecular weight is 523 g/mol. The number of amides is 1. The lowest BCUT2D eigenvalue weighted by Gasteiger charge is -2.36. The number of halogens is 2. The van der Waals surface area contributed by atoms with Gasteiger partial charge in [0.05, 0.1) is 11.3 Å². The lowest BCUT2D eigenvalue weighted by atomic mass is 10.1. The molecule has 1 aliphatic rings. The van der Waals surface area contributed by atoms with Crippen molar-refractivity contribution in [3.8, 4) is 16.9 Å². The Hall–Kier alpha value is -3.09. The number of hydrogen-bond donors (Lipinski definition) is 0. The zero-order valence-corrected chi connectivity index (χ0v) is 20.3. The molecule has 2 heterocycles. The van der Waals surface area contributed by atoms with E-state index in [9.17, 15) is 4.79 Å². The van der Waals surface area contributed by atoms with Gasteiger partial charge in [-0.15, -0.1) is 0 Å². The number of para-hydroxylation sites is 2. The lowest BCUT2D eigenvalue weighted by Crippen LogP contribution is -3.00. The molecule has 1 saturated heterocycles. The minimum atomic E-state index is 0. The first kappa shape index (κ1) is 23.1. The largest absolute Gasteiger partial charge is 1.00 e. The molecule has 0 N–H and O–H groups in total. The Morgan fingerprint density at radius 1 is 0.758 bits per heavy atom. The van der Waals surface area contributed by atoms with Gasteiger partial charge in [-0.2, -0.15) is 5.10 Å². The number of hydrogen-bond acceptors (Lipinski definition) is 3. The summed E-state index contributed by atoms with van der Waals surface area (Å²) in [6.07, 6.45) is 1.86. The summed E-state index contributed by atoms with van der Waals surface area (Å²) < 4.78 is 2.79. The van der Waals surface area contributed by atoms with E-state index in [1.165, 1.54) is 5.69 Å². The van der Waals surface area contributed by atoms with Crippen LogP contribution in [0.15, 0.2) is 95.6 Å². The molecule has 0 spiro atoms. The van der Waals surface area contributed by atoms with Crippen molar-refractivity contribution in [3.63, 3.8) is 0 Å². The zero-order chi connectivity index (χ0) is 21.9. The van der Waals surface area contributed by atoms with E-state index in [2.05, 4.69) is 45.1 Å². The fraction of sp³-hybridized carbons (Fsp3) is 0.154. The Bertz CT molecular complexity index is 1200. The van der Waals surface area contributed by atoms with Crippen LogP contribution in [-0.2, 0) is 0 Å². The first-order chi connectivity index (χ1) is 15.7. The maximum Gasteiger partial charge on any atom is 0.257 e. The van der Waals surface area contributed by atoms with Gasteiger partial charge in [-0.05, 0) is 36.4 Å². The summed E-state index contributed by atoms with van der Waals surface area (Å²) in [6.45, 7) is 3.00. The lowest BCUT2D eigenvalue weighted by molar-refractivity contribution is -0.0000161. The van der Waals surface area contributed by atoms with Gasteiger partial charge in [-0.25, -0.2) is 4.68 Å². The maximum atomic E-state index is 13.6. The Balaban J connectivity index is 0.00000259. The van der Waals surface area contributed by atoms with Crippen LogP contribution in [0.4, 0.5) is 5.69 Å². The van der Waals surface area contributed by atoms with E-state index in [1.54, 1.807) is 4.68 Å². The molecule has 5 nitrogen and oxygen atoms in total. The summed E-state index contributed by atoms with van der Waals surface area (Å²) in [5.74, 6) is 0.0258. The molecule has 0 aliphatic carbocycles. The van der Waals surface area contributed by atoms with Gasteiger partial charge in [0.1, 0.15) is 5.69 Å². The maximum absolute atomic E-state index is 13.6. The summed E-state index contributed by atoms with van der Waals surface area (Å²) in [6, 6.07) is 28.2. The van der Waals surface area contributed by atoms with Gasteiger partial charge in [0.25, 0.3) is 5.91 Å². The number of nitrogens with zero attached hydrogens (tertiary/aromatic N) is 4. The molecule has 3 aromatic carbocycles. The third-order valence-corrected chi connectivity index (χ3v) is 6.30. The molecular weight excluding hydrogens is 500 g/mol. The minimum Gasteiger partial charge on any atom is -1.00 e. The normalized spacial score (nSPS) is 13.5. The van der Waals surface area contributed by atoms with Crippen LogP contribution < -0.4 is 17.3 Å². The van der Waals surface area contributed by atoms with Gasteiger partial charge in [-0.1, -0.05) is 64.5 Å². The number of piperazine rings is 1. The molecule has 0 bridgehead atoms. The van der Waals surface area contributed by atoms with Crippen LogP contribution in [0.25, 0.3) is 16.9 Å². The molecule has 1 aliphatic heterocycles. The van der Waals surface area contributed by atoms with Gasteiger partial charge in [-0.3, -0.25) is 4.79 Å². The van der Waals surface area contributed by atoms with Crippen molar-refractivity contribution in [2.24, 2.45) is 0 Å². The molecule has 1 amide bonds. The Labute approximate surface area is 208 Å². The summed E-state index contributed by atoms with van der Waals surface area (Å²) in [7, 11) is 0. The molecule has 0 saturated carbocycles. The molecular formula is C26H23BrClN4O-. The summed E-state index contributed by atoms with van der Waals surface area (Å²) in [4.78, 5) is 17.9. The van der Waals surface area contributed by atoms with E-state index in [4.69, 9.17) is 5.10 Å². The van der Waals surface area contributed by atoms with Crippen LogP contribution >= 0.6 is 15.9 Å². The highest BCUT2D eigenvalue weighted by atomic mass is 79.9. The predicted octanol–water partition coefficient (Wildman–Crippen LogP) is 2.27. The molecule has 33 heavy (non-hydrogen) atoms. The molecule has 168 valence electrons. The zero-order valence-electron chi connectivity index (χ0n) is 17.9. The van der Waals surface area contributed by atoms with Crippen molar-refractivity contribution in [2.45, 2.75) is 0 Å². The topological polar surface area (TPSA) is 41.4 Å². The number of carbonyl (C=O) groups is 1. The Morgan fingerprint density at radius 2 is 1.33 bits per heavy atom. The molecule has 0 unspecified atom stereocenters. The summed E-state index contributed by atoms with van der Waals surface area (Å²) in [5.41, 5.74) is 4.39. The Kier molecular flexibility index (Phi) is 7.16. The SMILES string of the molecule is O=C(c1cn(-c2ccccc2)nc1-c1ccc(Br)cc1)N1CCN(c2ccccc2)CC1.[Cl-]. The van der Waals surface area contributed by atoms with Gasteiger partial charge in [0.2, 0.25) is 0 Å². The van der Waals surface area contributed by atoms with Crippen LogP contribution in [0.3, 0.4) is 0 Å². The van der Waals surface area contributed by atoms with Crippen molar-refractivity contribution < 1.29 is 17.2 Å². The van der Waals surface area contributed by atoms with Crippen LogP contribution in [0.5, 0.6) is 0 Å². The van der Waals surface area contributed by atoms with Gasteiger partial charge in [0, 0.05) is 48.1 Å². The first-order valence-electron chi connectivity index (χ1n) is 10.7. The van der Waals surface area contributed by atoms with Gasteiger partial charge in [0.15, 0.2) is 0 Å². The number of benzene rings is 3. The van der Waals surface area contributed by atoms with Crippen molar-refractivity contribution in [2.75, 3.05) is 31.1 Å². The van der Waals surface area contributed by atoms with Gasteiger partial charge < -0.3 is 22.2 Å². The van der Waals surface area contributed by atoms with E-state index < -0.39 is 0 Å². The summed E-state index contributed by atoms with van der Waals surface area (Å²) >= 11 is 3.49. The molecule has 0 radical (unpaired) electrons. The standard InChI is InChI=1S/C26H23BrN4O.ClH/c27-21-13-11-20(12-14-21)25-24(19-31(28-25)23-9-5-2-6-10-23)26(32)30-17-15-29(16-18-30)22-7-3-1-4-8-22;/h1-14,19H,15-18H2;1H/p-1. The van der Waals surface area contributed by atoms with E-state index in [1.807, 2.05) is 71.8 Å². The van der Waals surface area contributed by atoms with Crippen molar-refractivity contribution in [3.05, 3.63) is 101 Å². The number of anilines is 1. The molecule has 4 aromatic rings. The third kappa shape index (κ3) is 4.97. The molecule has 1 aromatic heterocycles. The van der Waals surface area contributed by atoms with Crippen molar-refractivity contribution in [1.82, 2.24) is 14.7 Å². The van der Waals surface area contributed by atoms with E-state index in [0.717, 1.165) is 28.8 Å². The fourth-order valence-electron chi connectivity index (χ4n) is 4.04. The quantitative estimate of drug-likeness (QED) is 0.413. The first-order valence-corrected chi connectivity index (χ1v) is 11.5. The van der Waals surface area contributed by atoms with E-state index in [-0.39, 0.29) is 18.3 Å². The second-order valence-corrected chi connectivity index (χ2v) is 8.71. The number of carbonyl (C=O) groups excluding carboxylic acids is 1. The van der Waals surface area contributed by atoms with Gasteiger partial charge >= 0.3 is 0 Å². The van der Waals surface area contributed by atoms with Crippen LogP contribution in [0, 0.1) is 0 Å². The fourth-order valence-corrected chi connectivity index (χ4v) is 4.31.